The molecule has 0 saturated carbocycles. The zero-order valence-electron chi connectivity index (χ0n) is 11.2. The minimum atomic E-state index is -0.124. The first-order valence-electron chi connectivity index (χ1n) is 6.52. The summed E-state index contributed by atoms with van der Waals surface area (Å²) in [4.78, 5) is 19.1. The van der Waals surface area contributed by atoms with Crippen molar-refractivity contribution >= 4 is 22.5 Å². The molecule has 4 nitrogen and oxygen atoms in total. The normalized spacial score (nSPS) is 12.8. The molecule has 2 rings (SSSR count). The van der Waals surface area contributed by atoms with E-state index in [9.17, 15) is 4.79 Å². The van der Waals surface area contributed by atoms with Gasteiger partial charge in [-0.15, -0.1) is 0 Å². The highest BCUT2D eigenvalue weighted by molar-refractivity contribution is 6.31. The third-order valence-corrected chi connectivity index (χ3v) is 3.29. The van der Waals surface area contributed by atoms with E-state index in [1.807, 2.05) is 0 Å². The number of benzene rings is 1. The van der Waals surface area contributed by atoms with Gasteiger partial charge < -0.3 is 10.3 Å². The molecule has 0 aliphatic heterocycles. The number of aromatic amines is 1. The van der Waals surface area contributed by atoms with Crippen molar-refractivity contribution in [1.82, 2.24) is 15.3 Å². The average molecular weight is 280 g/mol. The topological polar surface area (TPSA) is 57.8 Å². The molecular weight excluding hydrogens is 262 g/mol. The molecule has 0 radical (unpaired) electrons. The molecule has 0 aliphatic carbocycles. The molecule has 19 heavy (non-hydrogen) atoms. The molecular formula is C14H18ClN3O. The second-order valence-electron chi connectivity index (χ2n) is 4.74. The lowest BCUT2D eigenvalue weighted by atomic mass is 10.2. The van der Waals surface area contributed by atoms with Gasteiger partial charge in [-0.1, -0.05) is 24.9 Å². The van der Waals surface area contributed by atoms with Crippen LogP contribution in [0.3, 0.4) is 0 Å². The molecule has 0 spiro atoms. The summed E-state index contributed by atoms with van der Waals surface area (Å²) in [6, 6.07) is 5.51. The number of hydrogen-bond donors (Lipinski definition) is 2. The Morgan fingerprint density at radius 1 is 1.47 bits per heavy atom. The van der Waals surface area contributed by atoms with Crippen LogP contribution in [-0.4, -0.2) is 16.0 Å². The highest BCUT2D eigenvalue weighted by Crippen LogP contribution is 2.14. The fraction of sp³-hybridized carbons (Fsp3) is 0.429. The second kappa shape index (κ2) is 6.17. The molecule has 0 fully saturated rings. The Morgan fingerprint density at radius 2 is 2.26 bits per heavy atom. The lowest BCUT2D eigenvalue weighted by Gasteiger charge is -2.12. The SMILES string of the molecule is CCCC(C)NCc1nc2cc(Cl)ccc2c(=O)[nH]1. The van der Waals surface area contributed by atoms with Gasteiger partial charge in [-0.3, -0.25) is 4.79 Å². The Labute approximate surface area is 117 Å². The predicted molar refractivity (Wildman–Crippen MR) is 78.6 cm³/mol. The number of nitrogens with zero attached hydrogens (tertiary/aromatic N) is 1. The fourth-order valence-electron chi connectivity index (χ4n) is 2.05. The quantitative estimate of drug-likeness (QED) is 0.885. The lowest BCUT2D eigenvalue weighted by molar-refractivity contribution is 0.499. The van der Waals surface area contributed by atoms with Crippen molar-refractivity contribution in [2.45, 2.75) is 39.3 Å². The maximum absolute atomic E-state index is 11.9. The van der Waals surface area contributed by atoms with Crippen LogP contribution < -0.4 is 10.9 Å². The van der Waals surface area contributed by atoms with Crippen molar-refractivity contribution in [2.24, 2.45) is 0 Å². The molecule has 2 N–H and O–H groups in total. The van der Waals surface area contributed by atoms with E-state index in [4.69, 9.17) is 11.6 Å². The fourth-order valence-corrected chi connectivity index (χ4v) is 2.22. The number of nitrogens with one attached hydrogen (secondary N) is 2. The van der Waals surface area contributed by atoms with Crippen LogP contribution in [0.15, 0.2) is 23.0 Å². The Bertz CT molecular complexity index is 624. The maximum Gasteiger partial charge on any atom is 0.258 e. The Hall–Kier alpha value is -1.39. The van der Waals surface area contributed by atoms with E-state index in [2.05, 4.69) is 29.1 Å². The molecule has 1 heterocycles. The van der Waals surface area contributed by atoms with Crippen LogP contribution in [-0.2, 0) is 6.54 Å². The summed E-state index contributed by atoms with van der Waals surface area (Å²) in [5, 5.41) is 4.49. The Kier molecular flexibility index (Phi) is 4.56. The van der Waals surface area contributed by atoms with Gasteiger partial charge in [0, 0.05) is 11.1 Å². The minimum Gasteiger partial charge on any atom is -0.309 e. The predicted octanol–water partition coefficient (Wildman–Crippen LogP) is 2.85. The molecule has 1 aromatic carbocycles. The standard InChI is InChI=1S/C14H18ClN3O/c1-3-4-9(2)16-8-13-17-12-7-10(15)5-6-11(12)14(19)18-13/h5-7,9,16H,3-4,8H2,1-2H3,(H,17,18,19). The van der Waals surface area contributed by atoms with Gasteiger partial charge in [-0.25, -0.2) is 4.98 Å². The summed E-state index contributed by atoms with van der Waals surface area (Å²) in [6.45, 7) is 4.83. The van der Waals surface area contributed by atoms with Crippen LogP contribution in [0.2, 0.25) is 5.02 Å². The Morgan fingerprint density at radius 3 is 3.00 bits per heavy atom. The van der Waals surface area contributed by atoms with Gasteiger partial charge in [0.25, 0.3) is 5.56 Å². The van der Waals surface area contributed by atoms with Crippen LogP contribution in [0.4, 0.5) is 0 Å². The van der Waals surface area contributed by atoms with Gasteiger partial charge >= 0.3 is 0 Å². The van der Waals surface area contributed by atoms with Gasteiger partial charge in [-0.05, 0) is 31.5 Å². The van der Waals surface area contributed by atoms with E-state index in [0.717, 1.165) is 12.8 Å². The van der Waals surface area contributed by atoms with E-state index in [1.54, 1.807) is 18.2 Å². The number of fused-ring (bicyclic) bond motifs is 1. The molecule has 0 saturated heterocycles. The summed E-state index contributed by atoms with van der Waals surface area (Å²) in [5.41, 5.74) is 0.512. The zero-order valence-corrected chi connectivity index (χ0v) is 11.9. The van der Waals surface area contributed by atoms with Crippen molar-refractivity contribution < 1.29 is 0 Å². The van der Waals surface area contributed by atoms with E-state index < -0.39 is 0 Å². The molecule has 2 aromatic rings. The maximum atomic E-state index is 11.9. The molecule has 102 valence electrons. The first-order chi connectivity index (χ1) is 9.10. The van der Waals surface area contributed by atoms with Crippen LogP contribution in [0.25, 0.3) is 10.9 Å². The largest absolute Gasteiger partial charge is 0.309 e. The highest BCUT2D eigenvalue weighted by atomic mass is 35.5. The van der Waals surface area contributed by atoms with Gasteiger partial charge in [0.2, 0.25) is 0 Å². The number of halogens is 1. The monoisotopic (exact) mass is 279 g/mol. The summed E-state index contributed by atoms with van der Waals surface area (Å²) in [5.74, 6) is 0.641. The van der Waals surface area contributed by atoms with Gasteiger partial charge in [0.05, 0.1) is 17.4 Å². The van der Waals surface area contributed by atoms with Crippen molar-refractivity contribution in [3.63, 3.8) is 0 Å². The van der Waals surface area contributed by atoms with Crippen molar-refractivity contribution in [3.05, 3.63) is 39.4 Å². The van der Waals surface area contributed by atoms with Crippen molar-refractivity contribution in [1.29, 1.82) is 0 Å². The van der Waals surface area contributed by atoms with Crippen LogP contribution in [0.5, 0.6) is 0 Å². The first kappa shape index (κ1) is 14.0. The third kappa shape index (κ3) is 3.55. The van der Waals surface area contributed by atoms with Crippen LogP contribution in [0.1, 0.15) is 32.5 Å². The molecule has 5 heteroatoms. The van der Waals surface area contributed by atoms with E-state index >= 15 is 0 Å². The zero-order chi connectivity index (χ0) is 13.8. The molecule has 0 aliphatic rings. The van der Waals surface area contributed by atoms with Gasteiger partial charge in [0.15, 0.2) is 0 Å². The summed E-state index contributed by atoms with van der Waals surface area (Å²) in [7, 11) is 0. The third-order valence-electron chi connectivity index (χ3n) is 3.06. The highest BCUT2D eigenvalue weighted by Gasteiger charge is 2.06. The molecule has 0 amide bonds. The number of hydrogen-bond acceptors (Lipinski definition) is 3. The van der Waals surface area contributed by atoms with E-state index in [-0.39, 0.29) is 5.56 Å². The van der Waals surface area contributed by atoms with E-state index in [1.165, 1.54) is 0 Å². The second-order valence-corrected chi connectivity index (χ2v) is 5.18. The van der Waals surface area contributed by atoms with Gasteiger partial charge in [-0.2, -0.15) is 0 Å². The average Bonchev–Trinajstić information content (AvgIpc) is 2.36. The first-order valence-corrected chi connectivity index (χ1v) is 6.89. The van der Waals surface area contributed by atoms with Crippen molar-refractivity contribution in [3.8, 4) is 0 Å². The minimum absolute atomic E-state index is 0.124. The van der Waals surface area contributed by atoms with E-state index in [0.29, 0.717) is 34.3 Å². The molecule has 1 unspecified atom stereocenters. The lowest BCUT2D eigenvalue weighted by Crippen LogP contribution is -2.27. The summed E-state index contributed by atoms with van der Waals surface area (Å²) >= 11 is 5.92. The van der Waals surface area contributed by atoms with Crippen LogP contribution >= 0.6 is 11.6 Å². The number of rotatable bonds is 5. The molecule has 1 atom stereocenters. The molecule has 1 aromatic heterocycles. The number of H-pyrrole nitrogens is 1. The van der Waals surface area contributed by atoms with Crippen LogP contribution in [0, 0.1) is 0 Å². The summed E-state index contributed by atoms with van der Waals surface area (Å²) in [6.07, 6.45) is 2.23. The van der Waals surface area contributed by atoms with Gasteiger partial charge in [0.1, 0.15) is 5.82 Å². The Balaban J connectivity index is 2.23. The molecule has 0 bridgehead atoms. The smallest absolute Gasteiger partial charge is 0.258 e. The summed E-state index contributed by atoms with van der Waals surface area (Å²) < 4.78 is 0. The number of aromatic nitrogens is 2. The van der Waals surface area contributed by atoms with Crippen molar-refractivity contribution in [2.75, 3.05) is 0 Å².